The van der Waals surface area contributed by atoms with Crippen molar-refractivity contribution in [1.29, 1.82) is 0 Å². The number of nitrogens with two attached hydrogens (primary N) is 1. The number of aromatic amines is 1. The van der Waals surface area contributed by atoms with Crippen LogP contribution in [0, 0.1) is 6.92 Å². The summed E-state index contributed by atoms with van der Waals surface area (Å²) >= 11 is 0. The van der Waals surface area contributed by atoms with Gasteiger partial charge in [0.25, 0.3) is 0 Å². The van der Waals surface area contributed by atoms with E-state index in [0.29, 0.717) is 6.54 Å². The molecule has 2 atom stereocenters. The van der Waals surface area contributed by atoms with Gasteiger partial charge in [-0.15, -0.1) is 0 Å². The molecule has 0 spiro atoms. The molecule has 2 unspecified atom stereocenters. The van der Waals surface area contributed by atoms with Crippen molar-refractivity contribution >= 4 is 16.8 Å². The highest BCUT2D eigenvalue weighted by molar-refractivity contribution is 5.87. The van der Waals surface area contributed by atoms with Crippen LogP contribution in [0.15, 0.2) is 48.5 Å². The number of H-pyrrole nitrogens is 1. The molecule has 0 saturated carbocycles. The Morgan fingerprint density at radius 2 is 2.04 bits per heavy atom. The minimum Gasteiger partial charge on any atom is -0.386 e. The molecule has 26 heavy (non-hydrogen) atoms. The highest BCUT2D eigenvalue weighted by Gasteiger charge is 2.38. The molecule has 0 bridgehead atoms. The molecule has 1 aliphatic heterocycles. The maximum atomic E-state index is 12.7. The minimum atomic E-state index is -0.720. The van der Waals surface area contributed by atoms with E-state index in [2.05, 4.69) is 11.1 Å². The van der Waals surface area contributed by atoms with E-state index in [0.717, 1.165) is 33.3 Å². The van der Waals surface area contributed by atoms with Gasteiger partial charge in [-0.05, 0) is 24.6 Å². The van der Waals surface area contributed by atoms with Crippen molar-refractivity contribution in [2.75, 3.05) is 13.1 Å². The van der Waals surface area contributed by atoms with Gasteiger partial charge in [-0.25, -0.2) is 0 Å². The average molecular weight is 349 g/mol. The summed E-state index contributed by atoms with van der Waals surface area (Å²) in [6.07, 6.45) is -0.452. The summed E-state index contributed by atoms with van der Waals surface area (Å²) in [6.45, 7) is 2.61. The van der Waals surface area contributed by atoms with E-state index in [1.165, 1.54) is 0 Å². The fourth-order valence-corrected chi connectivity index (χ4v) is 3.96. The zero-order valence-electron chi connectivity index (χ0n) is 14.8. The van der Waals surface area contributed by atoms with Crippen LogP contribution in [0.3, 0.4) is 0 Å². The van der Waals surface area contributed by atoms with Crippen molar-refractivity contribution < 1.29 is 9.90 Å². The van der Waals surface area contributed by atoms with E-state index in [-0.39, 0.29) is 24.9 Å². The lowest BCUT2D eigenvalue weighted by Crippen LogP contribution is -2.43. The summed E-state index contributed by atoms with van der Waals surface area (Å²) in [7, 11) is 0. The fourth-order valence-electron chi connectivity index (χ4n) is 3.96. The van der Waals surface area contributed by atoms with Crippen molar-refractivity contribution in [2.24, 2.45) is 5.73 Å². The Kier molecular flexibility index (Phi) is 4.26. The van der Waals surface area contributed by atoms with Gasteiger partial charge in [0, 0.05) is 35.1 Å². The summed E-state index contributed by atoms with van der Waals surface area (Å²) < 4.78 is 0. The molecule has 2 aromatic carbocycles. The van der Waals surface area contributed by atoms with Gasteiger partial charge in [0.15, 0.2) is 0 Å². The molecule has 5 nitrogen and oxygen atoms in total. The zero-order chi connectivity index (χ0) is 18.3. The molecule has 1 aromatic heterocycles. The average Bonchev–Trinajstić information content (AvgIpc) is 3.01. The van der Waals surface area contributed by atoms with Crippen LogP contribution in [0.2, 0.25) is 0 Å². The summed E-state index contributed by atoms with van der Waals surface area (Å²) in [4.78, 5) is 17.9. The lowest BCUT2D eigenvalue weighted by Gasteiger charge is -2.38. The Morgan fingerprint density at radius 3 is 2.77 bits per heavy atom. The van der Waals surface area contributed by atoms with Crippen molar-refractivity contribution in [1.82, 2.24) is 9.88 Å². The Labute approximate surface area is 152 Å². The number of benzene rings is 2. The van der Waals surface area contributed by atoms with Gasteiger partial charge >= 0.3 is 0 Å². The third kappa shape index (κ3) is 2.69. The molecule has 4 N–H and O–H groups in total. The monoisotopic (exact) mass is 349 g/mol. The smallest absolute Gasteiger partial charge is 0.224 e. The molecule has 0 radical (unpaired) electrons. The normalized spacial score (nSPS) is 19.6. The topological polar surface area (TPSA) is 82.3 Å². The third-order valence-electron chi connectivity index (χ3n) is 5.11. The maximum Gasteiger partial charge on any atom is 0.224 e. The molecule has 5 heteroatoms. The van der Waals surface area contributed by atoms with Crippen LogP contribution >= 0.6 is 0 Å². The van der Waals surface area contributed by atoms with Gasteiger partial charge in [-0.2, -0.15) is 0 Å². The fraction of sp³-hybridized carbons (Fsp3) is 0.286. The number of rotatable bonds is 3. The van der Waals surface area contributed by atoms with E-state index in [4.69, 9.17) is 5.73 Å². The number of nitrogens with zero attached hydrogens (tertiary/aromatic N) is 1. The summed E-state index contributed by atoms with van der Waals surface area (Å²) in [5, 5.41) is 11.9. The van der Waals surface area contributed by atoms with Crippen molar-refractivity contribution in [2.45, 2.75) is 25.5 Å². The number of nitrogens with one attached hydrogen (secondary N) is 1. The summed E-state index contributed by atoms with van der Waals surface area (Å²) in [5.41, 5.74) is 10.5. The highest BCUT2D eigenvalue weighted by Crippen LogP contribution is 2.42. The molecule has 1 aliphatic rings. The minimum absolute atomic E-state index is 0.0408. The van der Waals surface area contributed by atoms with Gasteiger partial charge in [-0.3, -0.25) is 4.79 Å². The SMILES string of the molecule is Cc1ccc2[nH]c3c(c2c1)C(O)CN(C(=O)CCN)C3c1ccccc1. The van der Waals surface area contributed by atoms with Gasteiger partial charge < -0.3 is 20.7 Å². The zero-order valence-corrected chi connectivity index (χ0v) is 14.8. The maximum absolute atomic E-state index is 12.7. The molecule has 2 heterocycles. The lowest BCUT2D eigenvalue weighted by atomic mass is 9.90. The summed E-state index contributed by atoms with van der Waals surface area (Å²) in [5.74, 6) is -0.0408. The van der Waals surface area contributed by atoms with Crippen LogP contribution < -0.4 is 5.73 Å². The van der Waals surface area contributed by atoms with Crippen LogP contribution in [0.4, 0.5) is 0 Å². The van der Waals surface area contributed by atoms with E-state index in [9.17, 15) is 9.90 Å². The van der Waals surface area contributed by atoms with E-state index < -0.39 is 6.10 Å². The molecule has 0 saturated heterocycles. The Morgan fingerprint density at radius 1 is 1.27 bits per heavy atom. The largest absolute Gasteiger partial charge is 0.386 e. The number of aliphatic hydroxyl groups is 1. The van der Waals surface area contributed by atoms with Crippen LogP contribution in [0.25, 0.3) is 10.9 Å². The van der Waals surface area contributed by atoms with Gasteiger partial charge in [0.05, 0.1) is 18.7 Å². The Hall–Kier alpha value is -2.63. The predicted molar refractivity (Wildman–Crippen MR) is 102 cm³/mol. The van der Waals surface area contributed by atoms with Crippen molar-refractivity contribution in [3.8, 4) is 0 Å². The first-order chi connectivity index (χ1) is 12.6. The van der Waals surface area contributed by atoms with Crippen LogP contribution in [-0.4, -0.2) is 34.0 Å². The van der Waals surface area contributed by atoms with Gasteiger partial charge in [0.1, 0.15) is 0 Å². The second-order valence-electron chi connectivity index (χ2n) is 6.92. The molecule has 0 fully saturated rings. The first-order valence-corrected chi connectivity index (χ1v) is 8.95. The second-order valence-corrected chi connectivity index (χ2v) is 6.92. The van der Waals surface area contributed by atoms with Crippen molar-refractivity contribution in [3.63, 3.8) is 0 Å². The molecular formula is C21H23N3O2. The molecule has 3 aromatic rings. The standard InChI is InChI=1S/C21H23N3O2/c1-13-7-8-16-15(11-13)19-17(25)12-24(18(26)9-10-22)21(20(19)23-16)14-5-3-2-4-6-14/h2-8,11,17,21,23,25H,9-10,12,22H2,1H3. The van der Waals surface area contributed by atoms with Crippen LogP contribution in [0.5, 0.6) is 0 Å². The lowest BCUT2D eigenvalue weighted by molar-refractivity contribution is -0.135. The van der Waals surface area contributed by atoms with Crippen LogP contribution in [-0.2, 0) is 4.79 Å². The highest BCUT2D eigenvalue weighted by atomic mass is 16.3. The first kappa shape index (κ1) is 16.8. The second kappa shape index (κ2) is 6.59. The number of carbonyl (C=O) groups excluding carboxylic acids is 1. The number of aryl methyl sites for hydroxylation is 1. The summed E-state index contributed by atoms with van der Waals surface area (Å²) in [6, 6.07) is 15.9. The number of hydrogen-bond acceptors (Lipinski definition) is 3. The molecule has 1 amide bonds. The van der Waals surface area contributed by atoms with Crippen LogP contribution in [0.1, 0.15) is 41.0 Å². The number of aliphatic hydroxyl groups excluding tert-OH is 1. The number of fused-ring (bicyclic) bond motifs is 3. The van der Waals surface area contributed by atoms with E-state index in [1.807, 2.05) is 49.4 Å². The Bertz CT molecular complexity index is 949. The number of amides is 1. The molecule has 0 aliphatic carbocycles. The predicted octanol–water partition coefficient (Wildman–Crippen LogP) is 2.79. The number of carbonyl (C=O) groups is 1. The van der Waals surface area contributed by atoms with Crippen molar-refractivity contribution in [3.05, 3.63) is 70.9 Å². The van der Waals surface area contributed by atoms with E-state index in [1.54, 1.807) is 4.90 Å². The Balaban J connectivity index is 1.93. The quantitative estimate of drug-likeness (QED) is 0.680. The molecular weight excluding hydrogens is 326 g/mol. The third-order valence-corrected chi connectivity index (χ3v) is 5.11. The number of hydrogen-bond donors (Lipinski definition) is 3. The number of aromatic nitrogens is 1. The van der Waals surface area contributed by atoms with E-state index >= 15 is 0 Å². The molecule has 134 valence electrons. The number of β-amino-alcohol motifs (C(OH)–C–C–N with tert-alkyl or cyclic N) is 1. The first-order valence-electron chi connectivity index (χ1n) is 8.95. The van der Waals surface area contributed by atoms with Gasteiger partial charge in [-0.1, -0.05) is 42.0 Å². The molecule has 4 rings (SSSR count). The van der Waals surface area contributed by atoms with Gasteiger partial charge in [0.2, 0.25) is 5.91 Å².